The van der Waals surface area contributed by atoms with Crippen LogP contribution in [0.3, 0.4) is 0 Å². The number of alkyl halides is 3. The summed E-state index contributed by atoms with van der Waals surface area (Å²) >= 11 is 0. The van der Waals surface area contributed by atoms with E-state index in [0.29, 0.717) is 45.5 Å². The predicted octanol–water partition coefficient (Wildman–Crippen LogP) is 3.01. The average molecular weight is 473 g/mol. The van der Waals surface area contributed by atoms with Gasteiger partial charge in [0.05, 0.1) is 18.3 Å². The van der Waals surface area contributed by atoms with Gasteiger partial charge in [-0.05, 0) is 39.0 Å². The minimum atomic E-state index is -4.45. The second kappa shape index (κ2) is 10.5. The molecule has 3 aliphatic rings. The van der Waals surface area contributed by atoms with Gasteiger partial charge in [-0.15, -0.1) is 0 Å². The molecular formula is C22H31F3N4O4. The number of rotatable bonds is 7. The van der Waals surface area contributed by atoms with Crippen LogP contribution >= 0.6 is 0 Å². The Bertz CT molecular complexity index is 781. The molecule has 8 nitrogen and oxygen atoms in total. The van der Waals surface area contributed by atoms with Crippen molar-refractivity contribution in [3.05, 3.63) is 18.0 Å². The quantitative estimate of drug-likeness (QED) is 0.604. The van der Waals surface area contributed by atoms with E-state index in [0.717, 1.165) is 38.3 Å². The number of aromatic nitrogens is 2. The Morgan fingerprint density at radius 3 is 2.48 bits per heavy atom. The molecule has 3 aliphatic heterocycles. The van der Waals surface area contributed by atoms with Crippen LogP contribution in [0.2, 0.25) is 0 Å². The Hall–Kier alpha value is -1.98. The molecule has 0 aromatic carbocycles. The first-order chi connectivity index (χ1) is 15.8. The lowest BCUT2D eigenvalue weighted by molar-refractivity contribution is -0.196. The summed E-state index contributed by atoms with van der Waals surface area (Å²) in [4.78, 5) is 24.4. The van der Waals surface area contributed by atoms with Gasteiger partial charge in [0, 0.05) is 51.1 Å². The Morgan fingerprint density at radius 1 is 1.12 bits per heavy atom. The Morgan fingerprint density at radius 2 is 1.85 bits per heavy atom. The van der Waals surface area contributed by atoms with Crippen molar-refractivity contribution < 1.29 is 32.2 Å². The number of piperidine rings is 1. The van der Waals surface area contributed by atoms with Gasteiger partial charge in [-0.25, -0.2) is 9.97 Å². The maximum atomic E-state index is 12.9. The summed E-state index contributed by atoms with van der Waals surface area (Å²) in [7, 11) is 0. The van der Waals surface area contributed by atoms with Crippen LogP contribution in [-0.4, -0.2) is 78.2 Å². The maximum Gasteiger partial charge on any atom is 0.419 e. The monoisotopic (exact) mass is 472 g/mol. The first-order valence-electron chi connectivity index (χ1n) is 11.6. The number of carbonyl (C=O) groups excluding carboxylic acids is 1. The van der Waals surface area contributed by atoms with Gasteiger partial charge in [0.15, 0.2) is 6.29 Å². The molecule has 1 aromatic heterocycles. The van der Waals surface area contributed by atoms with Crippen LogP contribution in [0.4, 0.5) is 19.1 Å². The molecule has 33 heavy (non-hydrogen) atoms. The van der Waals surface area contributed by atoms with Crippen molar-refractivity contribution in [1.82, 2.24) is 14.9 Å². The van der Waals surface area contributed by atoms with Gasteiger partial charge in [0.25, 0.3) is 5.91 Å². The first-order valence-corrected chi connectivity index (χ1v) is 11.6. The maximum absolute atomic E-state index is 12.9. The van der Waals surface area contributed by atoms with Crippen LogP contribution in [0.1, 0.15) is 51.0 Å². The second-order valence-corrected chi connectivity index (χ2v) is 8.87. The molecule has 3 unspecified atom stereocenters. The summed E-state index contributed by atoms with van der Waals surface area (Å²) in [6.07, 6.45) is 1.48. The summed E-state index contributed by atoms with van der Waals surface area (Å²) in [6, 6.07) is 0.0844. The zero-order valence-corrected chi connectivity index (χ0v) is 18.8. The second-order valence-electron chi connectivity index (χ2n) is 8.87. The number of hydrogen-bond acceptors (Lipinski definition) is 7. The molecule has 4 heterocycles. The fourth-order valence-corrected chi connectivity index (χ4v) is 4.57. The van der Waals surface area contributed by atoms with Crippen LogP contribution in [-0.2, 0) is 25.2 Å². The fraction of sp³-hybridized carbons (Fsp3) is 0.773. The fourth-order valence-electron chi connectivity index (χ4n) is 4.57. The highest BCUT2D eigenvalue weighted by Gasteiger charge is 2.38. The van der Waals surface area contributed by atoms with E-state index in [2.05, 4.69) is 9.97 Å². The highest BCUT2D eigenvalue weighted by atomic mass is 19.4. The van der Waals surface area contributed by atoms with Crippen molar-refractivity contribution in [2.45, 2.75) is 76.2 Å². The van der Waals surface area contributed by atoms with Crippen molar-refractivity contribution in [2.75, 3.05) is 37.7 Å². The third-order valence-electron chi connectivity index (χ3n) is 6.40. The van der Waals surface area contributed by atoms with Gasteiger partial charge in [-0.2, -0.15) is 13.2 Å². The molecule has 184 valence electrons. The largest absolute Gasteiger partial charge is 0.419 e. The standard InChI is InChI=1S/C22H31F3N4O4/c1-15(33-19-4-2-3-11-31-19)14-32-18-7-10-29(20(18)30)17-5-8-28(9-6-17)21-26-12-16(13-27-21)22(23,24)25/h12-13,15,17-19H,2-11,14H2,1H3. The lowest BCUT2D eigenvalue weighted by Crippen LogP contribution is -2.47. The highest BCUT2D eigenvalue weighted by molar-refractivity contribution is 5.83. The number of anilines is 1. The number of nitrogens with zero attached hydrogens (tertiary/aromatic N) is 4. The van der Waals surface area contributed by atoms with Crippen LogP contribution in [0.15, 0.2) is 12.4 Å². The molecular weight excluding hydrogens is 441 g/mol. The molecule has 0 aliphatic carbocycles. The number of hydrogen-bond donors (Lipinski definition) is 0. The van der Waals surface area contributed by atoms with E-state index in [1.165, 1.54) is 0 Å². The van der Waals surface area contributed by atoms with E-state index in [1.54, 1.807) is 0 Å². The SMILES string of the molecule is CC(COC1CCN(C2CCN(c3ncc(C(F)(F)F)cn3)CC2)C1=O)OC1CCCCO1. The van der Waals surface area contributed by atoms with Crippen molar-refractivity contribution in [2.24, 2.45) is 0 Å². The summed E-state index contributed by atoms with van der Waals surface area (Å²) < 4.78 is 55.4. The number of amides is 1. The topological polar surface area (TPSA) is 77.0 Å². The molecule has 0 bridgehead atoms. The third-order valence-corrected chi connectivity index (χ3v) is 6.40. The number of halogens is 3. The van der Waals surface area contributed by atoms with Crippen LogP contribution in [0.25, 0.3) is 0 Å². The van der Waals surface area contributed by atoms with Crippen molar-refractivity contribution in [3.8, 4) is 0 Å². The van der Waals surface area contributed by atoms with E-state index in [-0.39, 0.29) is 30.3 Å². The van der Waals surface area contributed by atoms with Crippen LogP contribution < -0.4 is 4.90 Å². The van der Waals surface area contributed by atoms with Crippen LogP contribution in [0, 0.1) is 0 Å². The van der Waals surface area contributed by atoms with E-state index < -0.39 is 17.8 Å². The first kappa shape index (κ1) is 24.2. The van der Waals surface area contributed by atoms with Crippen molar-refractivity contribution >= 4 is 11.9 Å². The smallest absolute Gasteiger partial charge is 0.366 e. The molecule has 0 N–H and O–H groups in total. The molecule has 11 heteroatoms. The highest BCUT2D eigenvalue weighted by Crippen LogP contribution is 2.29. The van der Waals surface area contributed by atoms with E-state index in [4.69, 9.17) is 14.2 Å². The summed E-state index contributed by atoms with van der Waals surface area (Å²) in [6.45, 7) is 4.79. The normalized spacial score (nSPS) is 26.1. The summed E-state index contributed by atoms with van der Waals surface area (Å²) in [5.74, 6) is 0.284. The minimum Gasteiger partial charge on any atom is -0.366 e. The zero-order chi connectivity index (χ0) is 23.4. The van der Waals surface area contributed by atoms with E-state index >= 15 is 0 Å². The molecule has 0 spiro atoms. The van der Waals surface area contributed by atoms with Gasteiger partial charge in [-0.1, -0.05) is 0 Å². The molecule has 3 fully saturated rings. The Balaban J connectivity index is 1.21. The van der Waals surface area contributed by atoms with E-state index in [9.17, 15) is 18.0 Å². The van der Waals surface area contributed by atoms with Gasteiger partial charge >= 0.3 is 6.18 Å². The summed E-state index contributed by atoms with van der Waals surface area (Å²) in [5, 5.41) is 0. The Kier molecular flexibility index (Phi) is 7.70. The lowest BCUT2D eigenvalue weighted by Gasteiger charge is -2.36. The van der Waals surface area contributed by atoms with Crippen molar-refractivity contribution in [1.29, 1.82) is 0 Å². The molecule has 0 saturated carbocycles. The molecule has 1 amide bonds. The average Bonchev–Trinajstić information content (AvgIpc) is 3.18. The van der Waals surface area contributed by atoms with Gasteiger partial charge in [-0.3, -0.25) is 4.79 Å². The third kappa shape index (κ3) is 6.13. The molecule has 0 radical (unpaired) electrons. The lowest BCUT2D eigenvalue weighted by atomic mass is 10.0. The Labute approximate surface area is 191 Å². The number of carbonyl (C=O) groups is 1. The number of likely N-dealkylation sites (tertiary alicyclic amines) is 1. The molecule has 3 atom stereocenters. The van der Waals surface area contributed by atoms with Crippen LogP contribution in [0.5, 0.6) is 0 Å². The number of ether oxygens (including phenoxy) is 3. The summed E-state index contributed by atoms with van der Waals surface area (Å²) in [5.41, 5.74) is -0.860. The van der Waals surface area contributed by atoms with Crippen molar-refractivity contribution in [3.63, 3.8) is 0 Å². The van der Waals surface area contributed by atoms with Gasteiger partial charge in [0.1, 0.15) is 6.10 Å². The predicted molar refractivity (Wildman–Crippen MR) is 112 cm³/mol. The van der Waals surface area contributed by atoms with E-state index in [1.807, 2.05) is 16.7 Å². The molecule has 3 saturated heterocycles. The van der Waals surface area contributed by atoms with Gasteiger partial charge in [0.2, 0.25) is 5.95 Å². The zero-order valence-electron chi connectivity index (χ0n) is 18.8. The van der Waals surface area contributed by atoms with Gasteiger partial charge < -0.3 is 24.0 Å². The molecule has 4 rings (SSSR count). The minimum absolute atomic E-state index is 0.000321. The molecule has 1 aromatic rings.